The van der Waals surface area contributed by atoms with Gasteiger partial charge in [0.1, 0.15) is 0 Å². The van der Waals surface area contributed by atoms with E-state index in [1.807, 2.05) is 35.3 Å². The minimum Gasteiger partial charge on any atom is -0.273 e. The smallest absolute Gasteiger partial charge is 0.0489 e. The van der Waals surface area contributed by atoms with Gasteiger partial charge in [0.2, 0.25) is 0 Å². The van der Waals surface area contributed by atoms with E-state index in [4.69, 9.17) is 0 Å². The zero-order chi connectivity index (χ0) is 9.64. The molecule has 0 unspecified atom stereocenters. The lowest BCUT2D eigenvalue weighted by atomic mass is 10.2. The maximum atomic E-state index is 4.27. The Labute approximate surface area is 83.4 Å². The normalized spacial score (nSPS) is 10.3. The van der Waals surface area contributed by atoms with Crippen LogP contribution in [0.3, 0.4) is 0 Å². The van der Waals surface area contributed by atoms with Gasteiger partial charge in [-0.05, 0) is 31.0 Å². The molecule has 0 aliphatic rings. The van der Waals surface area contributed by atoms with Gasteiger partial charge in [-0.1, -0.05) is 6.07 Å². The average Bonchev–Trinajstić information content (AvgIpc) is 2.72. The first-order chi connectivity index (χ1) is 6.95. The van der Waals surface area contributed by atoms with Crippen LogP contribution < -0.4 is 0 Å². The Hall–Kier alpha value is -1.64. The summed E-state index contributed by atoms with van der Waals surface area (Å²) in [6, 6.07) is 7.97. The van der Waals surface area contributed by atoms with E-state index in [-0.39, 0.29) is 0 Å². The number of aryl methyl sites for hydroxylation is 2. The minimum atomic E-state index is 0.962. The number of nitrogens with zero attached hydrogens (tertiary/aromatic N) is 3. The quantitative estimate of drug-likeness (QED) is 0.732. The molecule has 14 heavy (non-hydrogen) atoms. The molecule has 0 saturated heterocycles. The van der Waals surface area contributed by atoms with E-state index in [1.165, 1.54) is 0 Å². The van der Waals surface area contributed by atoms with E-state index in [0.29, 0.717) is 0 Å². The number of hydrogen-bond donors (Lipinski definition) is 0. The highest BCUT2D eigenvalue weighted by atomic mass is 15.3. The molecule has 0 amide bonds. The van der Waals surface area contributed by atoms with Crippen molar-refractivity contribution in [3.63, 3.8) is 0 Å². The SMILES string of the molecule is c1ccc(CCCn2cccn2)nc1. The Bertz CT molecular complexity index is 353. The second kappa shape index (κ2) is 4.56. The van der Waals surface area contributed by atoms with Gasteiger partial charge in [-0.15, -0.1) is 0 Å². The van der Waals surface area contributed by atoms with Gasteiger partial charge >= 0.3 is 0 Å². The van der Waals surface area contributed by atoms with E-state index >= 15 is 0 Å². The first-order valence-electron chi connectivity index (χ1n) is 4.82. The van der Waals surface area contributed by atoms with Gasteiger partial charge in [0.15, 0.2) is 0 Å². The fourth-order valence-electron chi connectivity index (χ4n) is 1.40. The molecule has 0 fully saturated rings. The average molecular weight is 187 g/mol. The summed E-state index contributed by atoms with van der Waals surface area (Å²) in [4.78, 5) is 4.27. The Morgan fingerprint density at radius 1 is 1.14 bits per heavy atom. The highest BCUT2D eigenvalue weighted by molar-refractivity contribution is 5.03. The Balaban J connectivity index is 1.79. The van der Waals surface area contributed by atoms with Gasteiger partial charge in [0.25, 0.3) is 0 Å². The second-order valence-electron chi connectivity index (χ2n) is 3.19. The van der Waals surface area contributed by atoms with Crippen molar-refractivity contribution >= 4 is 0 Å². The Kier molecular flexibility index (Phi) is 2.91. The largest absolute Gasteiger partial charge is 0.273 e. The molecule has 2 heterocycles. The van der Waals surface area contributed by atoms with Crippen molar-refractivity contribution in [3.05, 3.63) is 48.5 Å². The van der Waals surface area contributed by atoms with Crippen LogP contribution in [-0.2, 0) is 13.0 Å². The first kappa shape index (κ1) is 8.94. The topological polar surface area (TPSA) is 30.7 Å². The molecule has 0 radical (unpaired) electrons. The molecule has 0 spiro atoms. The molecule has 3 heteroatoms. The van der Waals surface area contributed by atoms with Gasteiger partial charge in [-0.2, -0.15) is 5.10 Å². The molecule has 0 atom stereocenters. The zero-order valence-electron chi connectivity index (χ0n) is 8.00. The van der Waals surface area contributed by atoms with Crippen LogP contribution in [0.2, 0.25) is 0 Å². The molecule has 0 aliphatic carbocycles. The molecule has 2 rings (SSSR count). The van der Waals surface area contributed by atoms with E-state index < -0.39 is 0 Å². The van der Waals surface area contributed by atoms with Crippen molar-refractivity contribution in [3.8, 4) is 0 Å². The molecule has 0 bridgehead atoms. The molecule has 0 aromatic carbocycles. The maximum Gasteiger partial charge on any atom is 0.0489 e. The molecule has 0 N–H and O–H groups in total. The molecule has 2 aromatic heterocycles. The fourth-order valence-corrected chi connectivity index (χ4v) is 1.40. The van der Waals surface area contributed by atoms with Crippen molar-refractivity contribution in [2.45, 2.75) is 19.4 Å². The van der Waals surface area contributed by atoms with Gasteiger partial charge in [0, 0.05) is 30.8 Å². The fraction of sp³-hybridized carbons (Fsp3) is 0.273. The first-order valence-corrected chi connectivity index (χ1v) is 4.82. The van der Waals surface area contributed by atoms with Gasteiger partial charge in [-0.3, -0.25) is 9.67 Å². The van der Waals surface area contributed by atoms with Crippen LogP contribution in [0, 0.1) is 0 Å². The molecule has 72 valence electrons. The van der Waals surface area contributed by atoms with Crippen LogP contribution in [0.25, 0.3) is 0 Å². The lowest BCUT2D eigenvalue weighted by Gasteiger charge is -2.00. The standard InChI is InChI=1S/C11H13N3/c1-2-7-12-11(5-1)6-3-9-14-10-4-8-13-14/h1-2,4-5,7-8,10H,3,6,9H2. The van der Waals surface area contributed by atoms with Crippen LogP contribution in [0.4, 0.5) is 0 Å². The third-order valence-corrected chi connectivity index (χ3v) is 2.11. The summed E-state index contributed by atoms with van der Waals surface area (Å²) in [5.74, 6) is 0. The summed E-state index contributed by atoms with van der Waals surface area (Å²) in [5.41, 5.74) is 1.15. The van der Waals surface area contributed by atoms with Crippen LogP contribution in [0.5, 0.6) is 0 Å². The van der Waals surface area contributed by atoms with Crippen LogP contribution in [0.1, 0.15) is 12.1 Å². The van der Waals surface area contributed by atoms with Crippen LogP contribution in [0.15, 0.2) is 42.9 Å². The number of aromatic nitrogens is 3. The van der Waals surface area contributed by atoms with E-state index in [2.05, 4.69) is 16.1 Å². The predicted octanol–water partition coefficient (Wildman–Crippen LogP) is 1.91. The summed E-state index contributed by atoms with van der Waals surface area (Å²) in [5, 5.41) is 4.14. The zero-order valence-corrected chi connectivity index (χ0v) is 8.00. The lowest BCUT2D eigenvalue weighted by molar-refractivity contribution is 0.575. The minimum absolute atomic E-state index is 0.962. The third kappa shape index (κ3) is 2.42. The summed E-state index contributed by atoms with van der Waals surface area (Å²) < 4.78 is 1.95. The van der Waals surface area contributed by atoms with Gasteiger partial charge < -0.3 is 0 Å². The summed E-state index contributed by atoms with van der Waals surface area (Å²) >= 11 is 0. The predicted molar refractivity (Wildman–Crippen MR) is 54.8 cm³/mol. The maximum absolute atomic E-state index is 4.27. The van der Waals surface area contributed by atoms with Crippen molar-refractivity contribution < 1.29 is 0 Å². The van der Waals surface area contributed by atoms with Crippen LogP contribution >= 0.6 is 0 Å². The highest BCUT2D eigenvalue weighted by Crippen LogP contribution is 1.99. The van der Waals surface area contributed by atoms with E-state index in [0.717, 1.165) is 25.1 Å². The molecule has 0 saturated carbocycles. The molecular weight excluding hydrogens is 174 g/mol. The summed E-state index contributed by atoms with van der Waals surface area (Å²) in [7, 11) is 0. The van der Waals surface area contributed by atoms with E-state index in [9.17, 15) is 0 Å². The Morgan fingerprint density at radius 2 is 2.14 bits per heavy atom. The number of rotatable bonds is 4. The lowest BCUT2D eigenvalue weighted by Crippen LogP contribution is -2.00. The van der Waals surface area contributed by atoms with Gasteiger partial charge in [-0.25, -0.2) is 0 Å². The number of hydrogen-bond acceptors (Lipinski definition) is 2. The highest BCUT2D eigenvalue weighted by Gasteiger charge is 1.94. The van der Waals surface area contributed by atoms with Crippen molar-refractivity contribution in [1.29, 1.82) is 0 Å². The second-order valence-corrected chi connectivity index (χ2v) is 3.19. The van der Waals surface area contributed by atoms with E-state index in [1.54, 1.807) is 6.20 Å². The number of pyridine rings is 1. The Morgan fingerprint density at radius 3 is 2.86 bits per heavy atom. The molecule has 0 aliphatic heterocycles. The van der Waals surface area contributed by atoms with Gasteiger partial charge in [0.05, 0.1) is 0 Å². The van der Waals surface area contributed by atoms with Crippen molar-refractivity contribution in [1.82, 2.24) is 14.8 Å². The molecule has 3 nitrogen and oxygen atoms in total. The van der Waals surface area contributed by atoms with Crippen LogP contribution in [-0.4, -0.2) is 14.8 Å². The summed E-state index contributed by atoms with van der Waals surface area (Å²) in [6.45, 7) is 0.962. The summed E-state index contributed by atoms with van der Waals surface area (Å²) in [6.07, 6.45) is 7.72. The molecule has 2 aromatic rings. The van der Waals surface area contributed by atoms with Crippen molar-refractivity contribution in [2.24, 2.45) is 0 Å². The molecular formula is C11H13N3. The third-order valence-electron chi connectivity index (χ3n) is 2.11. The van der Waals surface area contributed by atoms with Crippen molar-refractivity contribution in [2.75, 3.05) is 0 Å². The monoisotopic (exact) mass is 187 g/mol.